The highest BCUT2D eigenvalue weighted by atomic mass is 35.5. The highest BCUT2D eigenvalue weighted by molar-refractivity contribution is 6.28. The lowest BCUT2D eigenvalue weighted by molar-refractivity contribution is -0.121. The molecule has 0 saturated carbocycles. The zero-order valence-corrected chi connectivity index (χ0v) is 11.6. The van der Waals surface area contributed by atoms with Crippen molar-refractivity contribution in [3.05, 3.63) is 0 Å². The van der Waals surface area contributed by atoms with Gasteiger partial charge in [0.2, 0.25) is 0 Å². The van der Waals surface area contributed by atoms with Crippen LogP contribution in [0.2, 0.25) is 0 Å². The first-order valence-corrected chi connectivity index (χ1v) is 6.38. The predicted molar refractivity (Wildman–Crippen MR) is 66.2 cm³/mol. The van der Waals surface area contributed by atoms with Crippen molar-refractivity contribution in [2.24, 2.45) is 5.92 Å². The molecule has 17 heavy (non-hydrogen) atoms. The summed E-state index contributed by atoms with van der Waals surface area (Å²) in [5.74, 6) is -0.0230. The second-order valence-electron chi connectivity index (χ2n) is 5.48. The molecular weight excluding hydrogens is 242 g/mol. The Hall–Kier alpha value is -0.770. The first-order chi connectivity index (χ1) is 7.76. The summed E-state index contributed by atoms with van der Waals surface area (Å²) >= 11 is 5.57. The minimum atomic E-state index is -0.544. The summed E-state index contributed by atoms with van der Waals surface area (Å²) in [5.41, 5.74) is -0.544. The monoisotopic (exact) mass is 261 g/mol. The summed E-state index contributed by atoms with van der Waals surface area (Å²) in [6.07, 6.45) is 0.386. The van der Waals surface area contributed by atoms with Gasteiger partial charge in [-0.05, 0) is 33.1 Å². The van der Waals surface area contributed by atoms with Crippen molar-refractivity contribution in [3.63, 3.8) is 0 Å². The molecule has 1 aliphatic heterocycles. The summed E-state index contributed by atoms with van der Waals surface area (Å²) in [7, 11) is 0. The first kappa shape index (κ1) is 14.3. The molecule has 1 aliphatic rings. The SMILES string of the molecule is CC1CCN(C(=O)OC(C)(C)C)C1C(=O)CCl. The Labute approximate surface area is 107 Å². The highest BCUT2D eigenvalue weighted by Gasteiger charge is 2.40. The van der Waals surface area contributed by atoms with Gasteiger partial charge in [-0.1, -0.05) is 6.92 Å². The summed E-state index contributed by atoms with van der Waals surface area (Å²) in [4.78, 5) is 25.2. The van der Waals surface area contributed by atoms with Gasteiger partial charge in [0.1, 0.15) is 5.60 Å². The van der Waals surface area contributed by atoms with Gasteiger partial charge in [0, 0.05) is 6.54 Å². The minimum Gasteiger partial charge on any atom is -0.444 e. The number of alkyl halides is 1. The summed E-state index contributed by atoms with van der Waals surface area (Å²) in [6.45, 7) is 7.94. The van der Waals surface area contributed by atoms with Gasteiger partial charge in [-0.3, -0.25) is 9.69 Å². The standard InChI is InChI=1S/C12H20ClNO3/c1-8-5-6-14(10(8)9(15)7-13)11(16)17-12(2,3)4/h8,10H,5-7H2,1-4H3. The van der Waals surface area contributed by atoms with E-state index in [-0.39, 0.29) is 17.6 Å². The Morgan fingerprint density at radius 3 is 2.47 bits per heavy atom. The number of likely N-dealkylation sites (tertiary alicyclic amines) is 1. The van der Waals surface area contributed by atoms with Crippen LogP contribution in [0, 0.1) is 5.92 Å². The van der Waals surface area contributed by atoms with E-state index in [0.717, 1.165) is 6.42 Å². The molecule has 2 atom stereocenters. The van der Waals surface area contributed by atoms with Gasteiger partial charge in [0.05, 0.1) is 11.9 Å². The molecule has 1 fully saturated rings. The summed E-state index contributed by atoms with van der Waals surface area (Å²) in [5, 5.41) is 0. The van der Waals surface area contributed by atoms with E-state index >= 15 is 0 Å². The zero-order chi connectivity index (χ0) is 13.2. The van der Waals surface area contributed by atoms with E-state index in [2.05, 4.69) is 0 Å². The fourth-order valence-electron chi connectivity index (χ4n) is 2.04. The van der Waals surface area contributed by atoms with Gasteiger partial charge < -0.3 is 4.74 Å². The molecule has 1 rings (SSSR count). The number of nitrogens with zero attached hydrogens (tertiary/aromatic N) is 1. The van der Waals surface area contributed by atoms with Gasteiger partial charge in [0.15, 0.2) is 5.78 Å². The number of ketones is 1. The third-order valence-corrected chi connectivity index (χ3v) is 3.05. The third-order valence-electron chi connectivity index (χ3n) is 2.79. The number of hydrogen-bond donors (Lipinski definition) is 0. The molecule has 0 bridgehead atoms. The maximum Gasteiger partial charge on any atom is 0.410 e. The molecule has 0 aliphatic carbocycles. The number of Topliss-reactive ketones (excluding diaryl/α,β-unsaturated/α-hetero) is 1. The number of amides is 1. The van der Waals surface area contributed by atoms with Crippen molar-refractivity contribution in [1.29, 1.82) is 0 Å². The molecular formula is C12H20ClNO3. The predicted octanol–water partition coefficient (Wildman–Crippen LogP) is 2.44. The molecule has 0 aromatic heterocycles. The molecule has 0 radical (unpaired) electrons. The second-order valence-corrected chi connectivity index (χ2v) is 5.75. The average molecular weight is 262 g/mol. The van der Waals surface area contributed by atoms with Crippen molar-refractivity contribution in [3.8, 4) is 0 Å². The lowest BCUT2D eigenvalue weighted by Crippen LogP contribution is -2.45. The number of halogens is 1. The van der Waals surface area contributed by atoms with Crippen molar-refractivity contribution >= 4 is 23.5 Å². The van der Waals surface area contributed by atoms with Crippen LogP contribution >= 0.6 is 11.6 Å². The average Bonchev–Trinajstić information content (AvgIpc) is 2.56. The lowest BCUT2D eigenvalue weighted by Gasteiger charge is -2.28. The van der Waals surface area contributed by atoms with E-state index < -0.39 is 17.7 Å². The second kappa shape index (κ2) is 5.25. The third kappa shape index (κ3) is 3.60. The van der Waals surface area contributed by atoms with Gasteiger partial charge >= 0.3 is 6.09 Å². The molecule has 0 spiro atoms. The van der Waals surface area contributed by atoms with Crippen LogP contribution in [0.4, 0.5) is 4.79 Å². The Morgan fingerprint density at radius 2 is 2.00 bits per heavy atom. The van der Waals surface area contributed by atoms with E-state index in [1.54, 1.807) is 0 Å². The van der Waals surface area contributed by atoms with Crippen molar-refractivity contribution in [1.82, 2.24) is 4.90 Å². The summed E-state index contributed by atoms with van der Waals surface area (Å²) in [6, 6.07) is -0.428. The Kier molecular flexibility index (Phi) is 4.42. The van der Waals surface area contributed by atoms with Crippen molar-refractivity contribution < 1.29 is 14.3 Å². The van der Waals surface area contributed by atoms with E-state index in [1.165, 1.54) is 4.90 Å². The fourth-order valence-corrected chi connectivity index (χ4v) is 2.20. The van der Waals surface area contributed by atoms with Crippen LogP contribution in [0.3, 0.4) is 0 Å². The van der Waals surface area contributed by atoms with Gasteiger partial charge in [0.25, 0.3) is 0 Å². The largest absolute Gasteiger partial charge is 0.444 e. The smallest absolute Gasteiger partial charge is 0.410 e. The molecule has 1 saturated heterocycles. The van der Waals surface area contributed by atoms with Crippen LogP contribution in [0.25, 0.3) is 0 Å². The van der Waals surface area contributed by atoms with Crippen LogP contribution in [-0.4, -0.2) is 40.8 Å². The van der Waals surface area contributed by atoms with Gasteiger partial charge in [-0.25, -0.2) is 4.79 Å². The molecule has 0 aromatic rings. The maximum absolute atomic E-state index is 11.9. The number of carbonyl (C=O) groups is 2. The molecule has 0 aromatic carbocycles. The van der Waals surface area contributed by atoms with Crippen LogP contribution in [0.5, 0.6) is 0 Å². The highest BCUT2D eigenvalue weighted by Crippen LogP contribution is 2.26. The Balaban J connectivity index is 2.76. The Morgan fingerprint density at radius 1 is 1.41 bits per heavy atom. The van der Waals surface area contributed by atoms with Crippen LogP contribution in [-0.2, 0) is 9.53 Å². The molecule has 2 unspecified atom stereocenters. The number of ether oxygens (including phenoxy) is 1. The van der Waals surface area contributed by atoms with Crippen LogP contribution in [0.15, 0.2) is 0 Å². The first-order valence-electron chi connectivity index (χ1n) is 5.84. The lowest BCUT2D eigenvalue weighted by atomic mass is 10.00. The van der Waals surface area contributed by atoms with Crippen molar-refractivity contribution in [2.75, 3.05) is 12.4 Å². The maximum atomic E-state index is 11.9. The fraction of sp³-hybridized carbons (Fsp3) is 0.833. The van der Waals surface area contributed by atoms with E-state index in [4.69, 9.17) is 16.3 Å². The van der Waals surface area contributed by atoms with Crippen LogP contribution in [0.1, 0.15) is 34.1 Å². The molecule has 0 N–H and O–H groups in total. The van der Waals surface area contributed by atoms with Crippen molar-refractivity contribution in [2.45, 2.75) is 45.8 Å². The number of hydrogen-bond acceptors (Lipinski definition) is 3. The molecule has 4 nitrogen and oxygen atoms in total. The quantitative estimate of drug-likeness (QED) is 0.718. The number of carbonyl (C=O) groups excluding carboxylic acids is 2. The van der Waals surface area contributed by atoms with Gasteiger partial charge in [-0.15, -0.1) is 11.6 Å². The normalized spacial score (nSPS) is 24.9. The molecule has 98 valence electrons. The van der Waals surface area contributed by atoms with E-state index in [1.807, 2.05) is 27.7 Å². The van der Waals surface area contributed by atoms with Gasteiger partial charge in [-0.2, -0.15) is 0 Å². The molecule has 1 heterocycles. The molecule has 1 amide bonds. The van der Waals surface area contributed by atoms with E-state index in [9.17, 15) is 9.59 Å². The van der Waals surface area contributed by atoms with Crippen LogP contribution < -0.4 is 0 Å². The minimum absolute atomic E-state index is 0.0612. The number of rotatable bonds is 2. The summed E-state index contributed by atoms with van der Waals surface area (Å²) < 4.78 is 5.29. The Bertz CT molecular complexity index is 311. The topological polar surface area (TPSA) is 46.6 Å². The zero-order valence-electron chi connectivity index (χ0n) is 10.8. The molecule has 5 heteroatoms. The van der Waals surface area contributed by atoms with E-state index in [0.29, 0.717) is 6.54 Å².